The fourth-order valence-electron chi connectivity index (χ4n) is 3.92. The molecule has 2 heterocycles. The fourth-order valence-corrected chi connectivity index (χ4v) is 3.92. The number of benzene rings is 1. The highest BCUT2D eigenvalue weighted by atomic mass is 16.5. The largest absolute Gasteiger partial charge is 0.491 e. The molecule has 150 valence electrons. The molecular weight excluding hydrogens is 368 g/mol. The third-order valence-corrected chi connectivity index (χ3v) is 5.11. The number of hydrogen-bond acceptors (Lipinski definition) is 5. The van der Waals surface area contributed by atoms with Crippen LogP contribution >= 0.6 is 0 Å². The number of hydrogen-bond donors (Lipinski definition) is 3. The van der Waals surface area contributed by atoms with Crippen molar-refractivity contribution in [1.29, 1.82) is 0 Å². The monoisotopic (exact) mass is 390 g/mol. The van der Waals surface area contributed by atoms with Gasteiger partial charge in [0.05, 0.1) is 24.3 Å². The summed E-state index contributed by atoms with van der Waals surface area (Å²) in [4.78, 5) is 38.3. The molecule has 0 aliphatic carbocycles. The highest BCUT2D eigenvalue weighted by Gasteiger charge is 2.47. The van der Waals surface area contributed by atoms with Crippen LogP contribution < -0.4 is 4.74 Å². The van der Waals surface area contributed by atoms with Gasteiger partial charge in [-0.25, -0.2) is 9.59 Å². The van der Waals surface area contributed by atoms with E-state index >= 15 is 0 Å². The summed E-state index contributed by atoms with van der Waals surface area (Å²) >= 11 is 0. The molecule has 1 fully saturated rings. The van der Waals surface area contributed by atoms with Crippen LogP contribution in [0.25, 0.3) is 5.57 Å². The Kier molecular flexibility index (Phi) is 5.55. The predicted octanol–water partition coefficient (Wildman–Crippen LogP) is 0.879. The summed E-state index contributed by atoms with van der Waals surface area (Å²) in [7, 11) is 0. The van der Waals surface area contributed by atoms with Gasteiger partial charge in [-0.2, -0.15) is 0 Å². The minimum absolute atomic E-state index is 0.00590. The molecule has 9 nitrogen and oxygen atoms in total. The van der Waals surface area contributed by atoms with Crippen LogP contribution in [-0.2, 0) is 9.59 Å². The maximum atomic E-state index is 12.1. The van der Waals surface area contributed by atoms with Gasteiger partial charge in [0.2, 0.25) is 5.91 Å². The Balaban J connectivity index is 2.02. The minimum Gasteiger partial charge on any atom is -0.491 e. The van der Waals surface area contributed by atoms with Gasteiger partial charge in [0.1, 0.15) is 12.4 Å². The third kappa shape index (κ3) is 3.65. The lowest BCUT2D eigenvalue weighted by atomic mass is 9.82. The van der Waals surface area contributed by atoms with E-state index in [1.54, 1.807) is 24.3 Å². The van der Waals surface area contributed by atoms with Gasteiger partial charge in [-0.15, -0.1) is 0 Å². The van der Waals surface area contributed by atoms with E-state index in [9.17, 15) is 24.6 Å². The molecule has 0 spiro atoms. The summed E-state index contributed by atoms with van der Waals surface area (Å²) in [5.41, 5.74) is 1.23. The van der Waals surface area contributed by atoms with Crippen LogP contribution in [0.3, 0.4) is 0 Å². The van der Waals surface area contributed by atoms with Gasteiger partial charge in [0.15, 0.2) is 0 Å². The van der Waals surface area contributed by atoms with Crippen LogP contribution in [0.15, 0.2) is 29.8 Å². The zero-order valence-corrected chi connectivity index (χ0v) is 15.4. The first kappa shape index (κ1) is 19.7. The Bertz CT molecular complexity index is 818. The second-order valence-electron chi connectivity index (χ2n) is 6.78. The van der Waals surface area contributed by atoms with Gasteiger partial charge in [-0.05, 0) is 29.7 Å². The van der Waals surface area contributed by atoms with Crippen LogP contribution in [0, 0.1) is 0 Å². The van der Waals surface area contributed by atoms with E-state index in [1.165, 1.54) is 11.8 Å². The Labute approximate surface area is 161 Å². The minimum atomic E-state index is -1.20. The quantitative estimate of drug-likeness (QED) is 0.681. The van der Waals surface area contributed by atoms with E-state index in [2.05, 4.69) is 0 Å². The van der Waals surface area contributed by atoms with Crippen LogP contribution in [-0.4, -0.2) is 81.5 Å². The number of aliphatic hydroxyl groups excluding tert-OH is 1. The lowest BCUT2D eigenvalue weighted by molar-refractivity contribution is -0.137. The summed E-state index contributed by atoms with van der Waals surface area (Å²) in [5.74, 6) is -0.865. The van der Waals surface area contributed by atoms with Crippen LogP contribution in [0.2, 0.25) is 0 Å². The number of aliphatic carboxylic acids is 1. The molecule has 9 heteroatoms. The first-order chi connectivity index (χ1) is 13.3. The molecule has 2 amide bonds. The molecule has 3 N–H and O–H groups in total. The number of piperazine rings is 1. The smallest absolute Gasteiger partial charge is 0.408 e. The van der Waals surface area contributed by atoms with Crippen molar-refractivity contribution in [2.75, 3.05) is 26.3 Å². The van der Waals surface area contributed by atoms with Crippen molar-refractivity contribution in [3.05, 3.63) is 35.4 Å². The average Bonchev–Trinajstić information content (AvgIpc) is 2.64. The Morgan fingerprint density at radius 1 is 1.14 bits per heavy atom. The Morgan fingerprint density at radius 3 is 2.36 bits per heavy atom. The molecule has 0 aromatic heterocycles. The second kappa shape index (κ2) is 7.89. The van der Waals surface area contributed by atoms with Crippen LogP contribution in [0.4, 0.5) is 4.79 Å². The summed E-state index contributed by atoms with van der Waals surface area (Å²) in [6.07, 6.45) is -0.992. The standard InChI is InChI=1S/C19H22N2O7/c1-11(23)20-9-13-8-15(12-2-4-14(5-3-12)28-7-6-22)17(18(24)25)16(10-20)21(13)19(26)27/h2-5,13,16,22H,6-10H2,1H3,(H,24,25)(H,26,27)/t13-,16-/m1/s1. The summed E-state index contributed by atoms with van der Waals surface area (Å²) in [6.45, 7) is 1.67. The summed E-state index contributed by atoms with van der Waals surface area (Å²) in [6, 6.07) is 5.37. The number of carboxylic acids is 1. The van der Waals surface area contributed by atoms with E-state index in [4.69, 9.17) is 9.84 Å². The number of ether oxygens (including phenoxy) is 1. The predicted molar refractivity (Wildman–Crippen MR) is 97.9 cm³/mol. The molecular formula is C19H22N2O7. The molecule has 1 saturated heterocycles. The zero-order chi connectivity index (χ0) is 20.4. The normalized spacial score (nSPS) is 21.5. The van der Waals surface area contributed by atoms with Crippen molar-refractivity contribution in [2.45, 2.75) is 25.4 Å². The van der Waals surface area contributed by atoms with Gasteiger partial charge in [0.25, 0.3) is 0 Å². The summed E-state index contributed by atoms with van der Waals surface area (Å²) < 4.78 is 5.32. The van der Waals surface area contributed by atoms with Gasteiger partial charge in [-0.1, -0.05) is 12.1 Å². The van der Waals surface area contributed by atoms with Crippen LogP contribution in [0.5, 0.6) is 5.75 Å². The number of fused-ring (bicyclic) bond motifs is 2. The molecule has 2 aliphatic rings. The first-order valence-corrected chi connectivity index (χ1v) is 8.90. The van der Waals surface area contributed by atoms with Crippen molar-refractivity contribution in [1.82, 2.24) is 9.80 Å². The van der Waals surface area contributed by atoms with Crippen molar-refractivity contribution in [3.63, 3.8) is 0 Å². The lowest BCUT2D eigenvalue weighted by Crippen LogP contribution is -2.64. The van der Waals surface area contributed by atoms with Crippen molar-refractivity contribution >= 4 is 23.5 Å². The SMILES string of the molecule is CC(=O)N1C[C@H]2CC(c3ccc(OCCO)cc3)=C(C(=O)O)[C@@H](C1)N2C(=O)O. The van der Waals surface area contributed by atoms with E-state index in [-0.39, 0.29) is 44.2 Å². The molecule has 0 unspecified atom stereocenters. The zero-order valence-electron chi connectivity index (χ0n) is 15.4. The van der Waals surface area contributed by atoms with Crippen molar-refractivity contribution in [3.8, 4) is 5.75 Å². The summed E-state index contributed by atoms with van der Waals surface area (Å²) in [5, 5.41) is 28.3. The van der Waals surface area contributed by atoms with Crippen molar-refractivity contribution < 1.29 is 34.4 Å². The molecule has 2 bridgehead atoms. The number of carbonyl (C=O) groups is 3. The van der Waals surface area contributed by atoms with E-state index in [0.717, 1.165) is 4.90 Å². The second-order valence-corrected chi connectivity index (χ2v) is 6.78. The maximum absolute atomic E-state index is 12.1. The number of amides is 2. The van der Waals surface area contributed by atoms with Crippen LogP contribution in [0.1, 0.15) is 18.9 Å². The molecule has 0 saturated carbocycles. The third-order valence-electron chi connectivity index (χ3n) is 5.11. The number of carboxylic acid groups (broad SMARTS) is 2. The molecule has 1 aromatic carbocycles. The Morgan fingerprint density at radius 2 is 1.82 bits per heavy atom. The van der Waals surface area contributed by atoms with Gasteiger partial charge >= 0.3 is 12.1 Å². The number of carbonyl (C=O) groups excluding carboxylic acids is 1. The van der Waals surface area contributed by atoms with Gasteiger partial charge in [-0.3, -0.25) is 9.69 Å². The number of nitrogens with zero attached hydrogens (tertiary/aromatic N) is 2. The van der Waals surface area contributed by atoms with E-state index in [1.807, 2.05) is 0 Å². The topological polar surface area (TPSA) is 128 Å². The Hall–Kier alpha value is -3.07. The number of rotatable bonds is 5. The van der Waals surface area contributed by atoms with Gasteiger partial charge in [0, 0.05) is 20.0 Å². The number of aliphatic hydroxyl groups is 1. The highest BCUT2D eigenvalue weighted by Crippen LogP contribution is 2.38. The molecule has 28 heavy (non-hydrogen) atoms. The maximum Gasteiger partial charge on any atom is 0.408 e. The van der Waals surface area contributed by atoms with Crippen molar-refractivity contribution in [2.24, 2.45) is 0 Å². The van der Waals surface area contributed by atoms with E-state index < -0.39 is 24.1 Å². The molecule has 0 radical (unpaired) electrons. The average molecular weight is 390 g/mol. The fraction of sp³-hybridized carbons (Fsp3) is 0.421. The lowest BCUT2D eigenvalue weighted by Gasteiger charge is -2.49. The molecule has 2 atom stereocenters. The van der Waals surface area contributed by atoms with Gasteiger partial charge < -0.3 is 25.0 Å². The highest BCUT2D eigenvalue weighted by molar-refractivity contribution is 5.99. The van der Waals surface area contributed by atoms with E-state index in [0.29, 0.717) is 16.9 Å². The molecule has 1 aromatic rings. The first-order valence-electron chi connectivity index (χ1n) is 8.90. The molecule has 3 rings (SSSR count). The molecule has 2 aliphatic heterocycles.